The van der Waals surface area contributed by atoms with Crippen LogP contribution in [0.4, 0.5) is 0 Å². The molecule has 126 valence electrons. The highest BCUT2D eigenvalue weighted by Crippen LogP contribution is 2.24. The van der Waals surface area contributed by atoms with Crippen LogP contribution in [0.3, 0.4) is 0 Å². The van der Waals surface area contributed by atoms with Gasteiger partial charge in [0.2, 0.25) is 0 Å². The highest BCUT2D eigenvalue weighted by molar-refractivity contribution is 5.78. The van der Waals surface area contributed by atoms with Gasteiger partial charge >= 0.3 is 0 Å². The Morgan fingerprint density at radius 3 is 2.59 bits per heavy atom. The van der Waals surface area contributed by atoms with Crippen LogP contribution in [0.5, 0.6) is 0 Å². The first kappa shape index (κ1) is 19.1. The van der Waals surface area contributed by atoms with E-state index >= 15 is 0 Å². The average molecular weight is 308 g/mol. The predicted octanol–water partition coefficient (Wildman–Crippen LogP) is 3.80. The maximum atomic E-state index is 12.0. The molecule has 2 N–H and O–H groups in total. The van der Waals surface area contributed by atoms with Gasteiger partial charge in [0.05, 0.1) is 11.7 Å². The highest BCUT2D eigenvalue weighted by atomic mass is 16.3. The molecule has 0 saturated carbocycles. The van der Waals surface area contributed by atoms with Gasteiger partial charge in [-0.3, -0.25) is 4.79 Å². The minimum absolute atomic E-state index is 0.285. The molecule has 0 amide bonds. The Labute approximate surface area is 135 Å². The maximum Gasteiger partial charge on any atom is 0.132 e. The van der Waals surface area contributed by atoms with E-state index in [1.165, 1.54) is 0 Å². The molecule has 0 aromatic rings. The first-order valence-corrected chi connectivity index (χ1v) is 8.48. The quantitative estimate of drug-likeness (QED) is 0.724. The third-order valence-corrected chi connectivity index (χ3v) is 4.44. The molecule has 0 aromatic carbocycles. The van der Waals surface area contributed by atoms with E-state index in [4.69, 9.17) is 0 Å². The standard InChI is InChI=1S/C19H32O3/c1-14(2)16-8-9-17(20)7-5-6-15(3)12-18(21)13-19(4,22)11-10-16/h10-12,14,16,18,21-22H,5-9,13H2,1-4H3. The molecule has 3 heteroatoms. The normalized spacial score (nSPS) is 32.7. The second-order valence-electron chi connectivity index (χ2n) is 7.34. The first-order chi connectivity index (χ1) is 10.2. The van der Waals surface area contributed by atoms with Crippen LogP contribution in [0.15, 0.2) is 23.8 Å². The zero-order valence-corrected chi connectivity index (χ0v) is 14.5. The molecule has 3 unspecified atom stereocenters. The summed E-state index contributed by atoms with van der Waals surface area (Å²) in [6, 6.07) is 0. The monoisotopic (exact) mass is 308 g/mol. The number of aliphatic hydroxyl groups is 2. The number of allylic oxidation sites excluding steroid dienone is 2. The number of hydrogen-bond donors (Lipinski definition) is 2. The van der Waals surface area contributed by atoms with Crippen molar-refractivity contribution in [3.63, 3.8) is 0 Å². The van der Waals surface area contributed by atoms with Gasteiger partial charge in [-0.15, -0.1) is 0 Å². The number of Topliss-reactive ketones (excluding diaryl/α,β-unsaturated/α-hetero) is 1. The molecule has 0 bridgehead atoms. The molecule has 22 heavy (non-hydrogen) atoms. The van der Waals surface area contributed by atoms with Crippen molar-refractivity contribution in [3.05, 3.63) is 23.8 Å². The van der Waals surface area contributed by atoms with Gasteiger partial charge in [0.25, 0.3) is 0 Å². The summed E-state index contributed by atoms with van der Waals surface area (Å²) in [5.74, 6) is 1.03. The van der Waals surface area contributed by atoms with Gasteiger partial charge in [-0.1, -0.05) is 37.6 Å². The number of hydrogen-bond acceptors (Lipinski definition) is 3. The lowest BCUT2D eigenvalue weighted by Crippen LogP contribution is -2.27. The molecule has 0 saturated heterocycles. The summed E-state index contributed by atoms with van der Waals surface area (Å²) in [6.07, 6.45) is 8.99. The van der Waals surface area contributed by atoms with Crippen LogP contribution >= 0.6 is 0 Å². The minimum Gasteiger partial charge on any atom is -0.389 e. The fourth-order valence-corrected chi connectivity index (χ4v) is 2.96. The topological polar surface area (TPSA) is 57.5 Å². The van der Waals surface area contributed by atoms with Crippen molar-refractivity contribution in [2.45, 2.75) is 77.9 Å². The van der Waals surface area contributed by atoms with E-state index in [0.717, 1.165) is 24.8 Å². The molecule has 1 aliphatic carbocycles. The first-order valence-electron chi connectivity index (χ1n) is 8.48. The van der Waals surface area contributed by atoms with Crippen molar-refractivity contribution >= 4 is 5.78 Å². The number of carbonyl (C=O) groups is 1. The van der Waals surface area contributed by atoms with Gasteiger partial charge in [-0.05, 0) is 44.9 Å². The third-order valence-electron chi connectivity index (χ3n) is 4.44. The number of rotatable bonds is 1. The molecule has 0 heterocycles. The summed E-state index contributed by atoms with van der Waals surface area (Å²) in [5.41, 5.74) is 0.0504. The lowest BCUT2D eigenvalue weighted by atomic mass is 9.86. The Morgan fingerprint density at radius 2 is 1.95 bits per heavy atom. The molecule has 1 aliphatic rings. The molecule has 0 radical (unpaired) electrons. The van der Waals surface area contributed by atoms with Gasteiger partial charge in [0.1, 0.15) is 5.78 Å². The van der Waals surface area contributed by atoms with Crippen molar-refractivity contribution in [3.8, 4) is 0 Å². The van der Waals surface area contributed by atoms with Gasteiger partial charge < -0.3 is 10.2 Å². The van der Waals surface area contributed by atoms with E-state index in [1.54, 1.807) is 19.1 Å². The minimum atomic E-state index is -1.03. The summed E-state index contributed by atoms with van der Waals surface area (Å²) in [6.45, 7) is 7.97. The summed E-state index contributed by atoms with van der Waals surface area (Å²) < 4.78 is 0. The van der Waals surface area contributed by atoms with Crippen molar-refractivity contribution in [1.82, 2.24) is 0 Å². The second kappa shape index (κ2) is 8.64. The lowest BCUT2D eigenvalue weighted by molar-refractivity contribution is -0.119. The third kappa shape index (κ3) is 7.37. The number of ketones is 1. The van der Waals surface area contributed by atoms with Crippen molar-refractivity contribution < 1.29 is 15.0 Å². The molecule has 0 spiro atoms. The maximum absolute atomic E-state index is 12.0. The van der Waals surface area contributed by atoms with Gasteiger partial charge in [0, 0.05) is 19.3 Å². The Bertz CT molecular complexity index is 418. The van der Waals surface area contributed by atoms with Crippen molar-refractivity contribution in [2.75, 3.05) is 0 Å². The van der Waals surface area contributed by atoms with Crippen molar-refractivity contribution in [2.24, 2.45) is 11.8 Å². The molecular formula is C19H32O3. The van der Waals surface area contributed by atoms with E-state index in [1.807, 2.05) is 13.0 Å². The van der Waals surface area contributed by atoms with E-state index in [0.29, 0.717) is 31.0 Å². The van der Waals surface area contributed by atoms with Gasteiger partial charge in [0.15, 0.2) is 0 Å². The van der Waals surface area contributed by atoms with Crippen LogP contribution in [0, 0.1) is 11.8 Å². The summed E-state index contributed by atoms with van der Waals surface area (Å²) in [7, 11) is 0. The van der Waals surface area contributed by atoms with E-state index in [2.05, 4.69) is 13.8 Å². The Morgan fingerprint density at radius 1 is 1.27 bits per heavy atom. The largest absolute Gasteiger partial charge is 0.389 e. The van der Waals surface area contributed by atoms with Crippen molar-refractivity contribution in [1.29, 1.82) is 0 Å². The van der Waals surface area contributed by atoms with Crippen LogP contribution in [0.2, 0.25) is 0 Å². The summed E-state index contributed by atoms with van der Waals surface area (Å²) in [4.78, 5) is 12.0. The van der Waals surface area contributed by atoms with Crippen LogP contribution in [0.25, 0.3) is 0 Å². The Balaban J connectivity index is 2.91. The van der Waals surface area contributed by atoms with Crippen LogP contribution in [-0.4, -0.2) is 27.7 Å². The molecule has 0 aliphatic heterocycles. The lowest BCUT2D eigenvalue weighted by Gasteiger charge is -2.24. The predicted molar refractivity (Wildman–Crippen MR) is 90.6 cm³/mol. The number of carbonyl (C=O) groups excluding carboxylic acids is 1. The zero-order chi connectivity index (χ0) is 16.8. The molecular weight excluding hydrogens is 276 g/mol. The van der Waals surface area contributed by atoms with E-state index < -0.39 is 11.7 Å². The Hall–Kier alpha value is -0.930. The van der Waals surface area contributed by atoms with Crippen LogP contribution in [-0.2, 0) is 4.79 Å². The summed E-state index contributed by atoms with van der Waals surface area (Å²) >= 11 is 0. The fourth-order valence-electron chi connectivity index (χ4n) is 2.96. The fraction of sp³-hybridized carbons (Fsp3) is 0.737. The van der Waals surface area contributed by atoms with Crippen LogP contribution < -0.4 is 0 Å². The molecule has 3 atom stereocenters. The molecule has 3 nitrogen and oxygen atoms in total. The van der Waals surface area contributed by atoms with E-state index in [-0.39, 0.29) is 5.92 Å². The molecule has 0 aromatic heterocycles. The molecule has 1 rings (SSSR count). The highest BCUT2D eigenvalue weighted by Gasteiger charge is 2.22. The van der Waals surface area contributed by atoms with Gasteiger partial charge in [-0.2, -0.15) is 0 Å². The van der Waals surface area contributed by atoms with Crippen LogP contribution in [0.1, 0.15) is 66.2 Å². The SMILES string of the molecule is CC1=CC(O)CC(C)(O)C=CC(C(C)C)CCC(=O)CCC1. The Kier molecular flexibility index (Phi) is 7.51. The zero-order valence-electron chi connectivity index (χ0n) is 14.5. The van der Waals surface area contributed by atoms with Gasteiger partial charge in [-0.25, -0.2) is 0 Å². The number of aliphatic hydroxyl groups excluding tert-OH is 1. The average Bonchev–Trinajstić information content (AvgIpc) is 2.36. The van der Waals surface area contributed by atoms with E-state index in [9.17, 15) is 15.0 Å². The smallest absolute Gasteiger partial charge is 0.132 e. The molecule has 0 fully saturated rings. The summed E-state index contributed by atoms with van der Waals surface area (Å²) in [5, 5.41) is 20.6. The second-order valence-corrected chi connectivity index (χ2v) is 7.34.